The zero-order chi connectivity index (χ0) is 16.5. The second-order valence-corrected chi connectivity index (χ2v) is 4.55. The monoisotopic (exact) mass is 309 g/mol. The number of hydrogen-bond acceptors (Lipinski definition) is 4. The Morgan fingerprint density at radius 3 is 2.09 bits per heavy atom. The molecule has 0 aliphatic carbocycles. The number of carbonyl (C=O) groups is 1. The van der Waals surface area contributed by atoms with Crippen LogP contribution in [-0.4, -0.2) is 17.7 Å². The van der Waals surface area contributed by atoms with Crippen molar-refractivity contribution in [2.24, 2.45) is 0 Å². The molecule has 116 valence electrons. The van der Waals surface area contributed by atoms with Crippen LogP contribution in [0, 0.1) is 11.3 Å². The van der Waals surface area contributed by atoms with Crippen LogP contribution in [0.25, 0.3) is 0 Å². The molecule has 5 heteroatoms. The van der Waals surface area contributed by atoms with Crippen molar-refractivity contribution in [3.8, 4) is 17.6 Å². The molecule has 1 N–H and O–H groups in total. The average Bonchev–Trinajstić information content (AvgIpc) is 2.59. The van der Waals surface area contributed by atoms with Crippen molar-refractivity contribution in [2.75, 3.05) is 6.61 Å². The highest BCUT2D eigenvalue weighted by atomic mass is 16.5. The number of nitrogens with zero attached hydrogens (tertiary/aromatic N) is 1. The fourth-order valence-corrected chi connectivity index (χ4v) is 1.85. The smallest absolute Gasteiger partial charge is 0.372 e. The van der Waals surface area contributed by atoms with Crippen LogP contribution in [-0.2, 0) is 4.79 Å². The standard InChI is InChI=1S/C18H15NO4/c19-13-14(11-12-22-15-7-3-1-4-8-15)17(18(20)21)23-16-9-5-2-6-10-16/h1-10H,11-12H2,(H,20,21). The van der Waals surface area contributed by atoms with Gasteiger partial charge in [-0.2, -0.15) is 5.26 Å². The lowest BCUT2D eigenvalue weighted by atomic mass is 10.2. The molecule has 0 aliphatic rings. The Bertz CT molecular complexity index is 718. The highest BCUT2D eigenvalue weighted by Gasteiger charge is 2.17. The number of rotatable bonds is 7. The van der Waals surface area contributed by atoms with E-state index in [1.54, 1.807) is 42.5 Å². The predicted molar refractivity (Wildman–Crippen MR) is 83.9 cm³/mol. The predicted octanol–water partition coefficient (Wildman–Crippen LogP) is 3.40. The fraction of sp³-hybridized carbons (Fsp3) is 0.111. The number of ether oxygens (including phenoxy) is 2. The lowest BCUT2D eigenvalue weighted by molar-refractivity contribution is -0.135. The molecule has 0 heterocycles. The minimum Gasteiger partial charge on any atom is -0.493 e. The summed E-state index contributed by atoms with van der Waals surface area (Å²) in [6.07, 6.45) is 0.139. The topological polar surface area (TPSA) is 79.5 Å². The van der Waals surface area contributed by atoms with Gasteiger partial charge in [-0.25, -0.2) is 4.79 Å². The maximum absolute atomic E-state index is 11.4. The summed E-state index contributed by atoms with van der Waals surface area (Å²) in [5, 5.41) is 18.5. The van der Waals surface area contributed by atoms with Gasteiger partial charge in [0.05, 0.1) is 18.2 Å². The van der Waals surface area contributed by atoms with Gasteiger partial charge in [-0.1, -0.05) is 36.4 Å². The molecule has 0 bridgehead atoms. The minimum absolute atomic E-state index is 0.0253. The van der Waals surface area contributed by atoms with Crippen LogP contribution < -0.4 is 9.47 Å². The van der Waals surface area contributed by atoms with E-state index < -0.39 is 5.97 Å². The maximum Gasteiger partial charge on any atom is 0.372 e. The number of nitriles is 1. The summed E-state index contributed by atoms with van der Waals surface area (Å²) < 4.78 is 10.8. The molecule has 0 aliphatic heterocycles. The van der Waals surface area contributed by atoms with Crippen LogP contribution in [0.1, 0.15) is 6.42 Å². The molecule has 0 spiro atoms. The van der Waals surface area contributed by atoms with E-state index in [1.165, 1.54) is 0 Å². The van der Waals surface area contributed by atoms with E-state index in [2.05, 4.69) is 0 Å². The number of aliphatic carboxylic acids is 1. The highest BCUT2D eigenvalue weighted by Crippen LogP contribution is 2.18. The Balaban J connectivity index is 2.08. The van der Waals surface area contributed by atoms with Crippen LogP contribution in [0.15, 0.2) is 72.0 Å². The largest absolute Gasteiger partial charge is 0.493 e. The second-order valence-electron chi connectivity index (χ2n) is 4.55. The zero-order valence-corrected chi connectivity index (χ0v) is 12.3. The average molecular weight is 309 g/mol. The summed E-state index contributed by atoms with van der Waals surface area (Å²) in [7, 11) is 0. The first-order valence-corrected chi connectivity index (χ1v) is 6.98. The van der Waals surface area contributed by atoms with Crippen LogP contribution in [0.5, 0.6) is 11.5 Å². The number of carboxylic acid groups (broad SMARTS) is 1. The molecule has 0 saturated heterocycles. The Labute approximate surface area is 134 Å². The van der Waals surface area contributed by atoms with Gasteiger partial charge in [-0.3, -0.25) is 0 Å². The number of para-hydroxylation sites is 2. The Morgan fingerprint density at radius 1 is 1.00 bits per heavy atom. The zero-order valence-electron chi connectivity index (χ0n) is 12.3. The molecule has 0 aromatic heterocycles. The van der Waals surface area contributed by atoms with Crippen molar-refractivity contribution in [1.82, 2.24) is 0 Å². The third-order valence-corrected chi connectivity index (χ3v) is 2.93. The van der Waals surface area contributed by atoms with Crippen molar-refractivity contribution < 1.29 is 19.4 Å². The Kier molecular flexibility index (Phi) is 5.78. The molecule has 0 fully saturated rings. The molecule has 2 rings (SSSR count). The van der Waals surface area contributed by atoms with Gasteiger partial charge >= 0.3 is 5.97 Å². The lowest BCUT2D eigenvalue weighted by Crippen LogP contribution is -2.12. The van der Waals surface area contributed by atoms with Gasteiger partial charge in [-0.15, -0.1) is 0 Å². The van der Waals surface area contributed by atoms with Gasteiger partial charge in [0.2, 0.25) is 5.76 Å². The van der Waals surface area contributed by atoms with Crippen molar-refractivity contribution >= 4 is 5.97 Å². The molecule has 23 heavy (non-hydrogen) atoms. The van der Waals surface area contributed by atoms with Crippen molar-refractivity contribution in [3.63, 3.8) is 0 Å². The fourth-order valence-electron chi connectivity index (χ4n) is 1.85. The van der Waals surface area contributed by atoms with Crippen molar-refractivity contribution in [3.05, 3.63) is 72.0 Å². The summed E-state index contributed by atoms with van der Waals surface area (Å²) in [4.78, 5) is 11.4. The molecule has 0 unspecified atom stereocenters. The van der Waals surface area contributed by atoms with E-state index in [-0.39, 0.29) is 24.4 Å². The summed E-state index contributed by atoms with van der Waals surface area (Å²) in [5.41, 5.74) is 0.0253. The quantitative estimate of drug-likeness (QED) is 0.482. The summed E-state index contributed by atoms with van der Waals surface area (Å²) >= 11 is 0. The van der Waals surface area contributed by atoms with Gasteiger partial charge in [0.15, 0.2) is 0 Å². The van der Waals surface area contributed by atoms with E-state index >= 15 is 0 Å². The van der Waals surface area contributed by atoms with Crippen LogP contribution in [0.2, 0.25) is 0 Å². The number of carboxylic acids is 1. The summed E-state index contributed by atoms with van der Waals surface area (Å²) in [6.45, 7) is 0.182. The third kappa shape index (κ3) is 4.90. The first-order valence-electron chi connectivity index (χ1n) is 6.98. The number of hydrogen-bond donors (Lipinski definition) is 1. The Morgan fingerprint density at radius 2 is 1.57 bits per heavy atom. The molecular formula is C18H15NO4. The van der Waals surface area contributed by atoms with E-state index in [4.69, 9.17) is 9.47 Å². The van der Waals surface area contributed by atoms with Crippen LogP contribution in [0.4, 0.5) is 0 Å². The third-order valence-electron chi connectivity index (χ3n) is 2.93. The molecular weight excluding hydrogens is 294 g/mol. The molecule has 0 atom stereocenters. The van der Waals surface area contributed by atoms with Gasteiger partial charge < -0.3 is 14.6 Å². The van der Waals surface area contributed by atoms with Crippen molar-refractivity contribution in [1.29, 1.82) is 5.26 Å². The normalized spacial score (nSPS) is 11.1. The van der Waals surface area contributed by atoms with E-state index in [0.29, 0.717) is 11.5 Å². The molecule has 5 nitrogen and oxygen atoms in total. The maximum atomic E-state index is 11.4. The minimum atomic E-state index is -1.29. The highest BCUT2D eigenvalue weighted by molar-refractivity contribution is 5.86. The van der Waals surface area contributed by atoms with E-state index in [0.717, 1.165) is 0 Å². The number of benzene rings is 2. The SMILES string of the molecule is N#CC(CCOc1ccccc1)=C(Oc1ccccc1)C(=O)O. The van der Waals surface area contributed by atoms with Gasteiger partial charge in [-0.05, 0) is 24.3 Å². The molecule has 2 aromatic rings. The second kappa shape index (κ2) is 8.25. The van der Waals surface area contributed by atoms with Gasteiger partial charge in [0, 0.05) is 6.42 Å². The van der Waals surface area contributed by atoms with Gasteiger partial charge in [0.25, 0.3) is 0 Å². The molecule has 0 saturated carbocycles. The van der Waals surface area contributed by atoms with Crippen LogP contribution >= 0.6 is 0 Å². The molecule has 2 aromatic carbocycles. The summed E-state index contributed by atoms with van der Waals surface area (Å²) in [5.74, 6) is -0.646. The molecule has 0 amide bonds. The Hall–Kier alpha value is -3.26. The lowest BCUT2D eigenvalue weighted by Gasteiger charge is -2.09. The first-order chi connectivity index (χ1) is 11.2. The van der Waals surface area contributed by atoms with Crippen LogP contribution in [0.3, 0.4) is 0 Å². The van der Waals surface area contributed by atoms with E-state index in [1.807, 2.05) is 24.3 Å². The van der Waals surface area contributed by atoms with Crippen molar-refractivity contribution in [2.45, 2.75) is 6.42 Å². The van der Waals surface area contributed by atoms with Gasteiger partial charge in [0.1, 0.15) is 11.5 Å². The summed E-state index contributed by atoms with van der Waals surface area (Å²) in [6, 6.07) is 19.5. The van der Waals surface area contributed by atoms with E-state index in [9.17, 15) is 15.2 Å². The molecule has 0 radical (unpaired) electrons. The first kappa shape index (κ1) is 16.1.